The SMILES string of the molecule is CC(F)C(F)(F)S(F)(F)(F)(F)c1cc(C(F)(C(F)(F)F)C(F)(F)F)ccc1N. The lowest BCUT2D eigenvalue weighted by atomic mass is 9.94. The van der Waals surface area contributed by atoms with Crippen molar-refractivity contribution in [2.45, 2.75) is 41.3 Å². The van der Waals surface area contributed by atoms with Crippen LogP contribution in [0.2, 0.25) is 0 Å². The second kappa shape index (κ2) is 5.50. The van der Waals surface area contributed by atoms with E-state index < -0.39 is 80.6 Å². The smallest absolute Gasteiger partial charge is 0.398 e. The molecule has 1 unspecified atom stereocenters. The van der Waals surface area contributed by atoms with Crippen LogP contribution in [0.25, 0.3) is 0 Å². The summed E-state index contributed by atoms with van der Waals surface area (Å²) < 4.78 is 186. The molecule has 0 aliphatic rings. The van der Waals surface area contributed by atoms with Crippen LogP contribution in [-0.4, -0.2) is 23.8 Å². The van der Waals surface area contributed by atoms with Crippen LogP contribution in [-0.2, 0) is 5.67 Å². The van der Waals surface area contributed by atoms with Gasteiger partial charge in [0.2, 0.25) is 9.84 Å². The standard InChI is InChI=1S/C12H9F14NS/c1-5(13)10(15,16)28(23,24,25,26)8-4-6(2-3-7(8)27)9(14,11(17,18)19)12(20,21)22/h2-5H,27H2,1H3. The summed E-state index contributed by atoms with van der Waals surface area (Å²) in [4.78, 5) is -3.53. The largest absolute Gasteiger partial charge is 0.435 e. The minimum absolute atomic E-state index is 0.455. The summed E-state index contributed by atoms with van der Waals surface area (Å²) in [5.74, 6) is 0. The van der Waals surface area contributed by atoms with Crippen molar-refractivity contribution in [2.75, 3.05) is 5.73 Å². The molecule has 28 heavy (non-hydrogen) atoms. The van der Waals surface area contributed by atoms with Crippen molar-refractivity contribution < 1.29 is 59.4 Å². The van der Waals surface area contributed by atoms with Crippen LogP contribution >= 0.6 is 9.84 Å². The molecule has 1 aromatic carbocycles. The summed E-state index contributed by atoms with van der Waals surface area (Å²) in [6.45, 7) is -0.455. The van der Waals surface area contributed by atoms with E-state index in [1.165, 1.54) is 0 Å². The maximum Gasteiger partial charge on any atom is 0.435 e. The molecular weight excluding hydrogens is 456 g/mol. The minimum atomic E-state index is -11.3. The number of hydrogen-bond donors (Lipinski definition) is 1. The summed E-state index contributed by atoms with van der Waals surface area (Å²) >= 11 is 0. The van der Waals surface area contributed by atoms with Crippen molar-refractivity contribution in [3.63, 3.8) is 0 Å². The number of alkyl halides is 10. The molecule has 0 heterocycles. The lowest BCUT2D eigenvalue weighted by molar-refractivity contribution is -0.348. The Bertz CT molecular complexity index is 757. The zero-order valence-corrected chi connectivity index (χ0v) is 13.9. The molecule has 1 aromatic rings. The van der Waals surface area contributed by atoms with Gasteiger partial charge in [0.15, 0.2) is 6.17 Å². The average Bonchev–Trinajstić information content (AvgIpc) is 2.42. The molecule has 0 fully saturated rings. The molecular formula is C12H9F14NS. The highest BCUT2D eigenvalue weighted by atomic mass is 32.5. The van der Waals surface area contributed by atoms with E-state index in [0.717, 1.165) is 0 Å². The van der Waals surface area contributed by atoms with Crippen LogP contribution in [0.5, 0.6) is 0 Å². The maximum atomic E-state index is 14.0. The Labute approximate surface area is 146 Å². The topological polar surface area (TPSA) is 26.0 Å². The zero-order chi connectivity index (χ0) is 22.8. The van der Waals surface area contributed by atoms with E-state index in [1.807, 2.05) is 0 Å². The van der Waals surface area contributed by atoms with Gasteiger partial charge in [-0.3, -0.25) is 0 Å². The fourth-order valence-electron chi connectivity index (χ4n) is 2.07. The second-order valence-corrected chi connectivity index (χ2v) is 8.78. The first-order chi connectivity index (χ1) is 11.8. The van der Waals surface area contributed by atoms with Crippen LogP contribution in [0.1, 0.15) is 12.5 Å². The summed E-state index contributed by atoms with van der Waals surface area (Å²) in [5, 5.41) is -6.89. The summed E-state index contributed by atoms with van der Waals surface area (Å²) in [5.41, 5.74) is -6.89. The van der Waals surface area contributed by atoms with Crippen molar-refractivity contribution >= 4 is 15.5 Å². The molecule has 0 aromatic heterocycles. The number of hydrogen-bond acceptors (Lipinski definition) is 1. The van der Waals surface area contributed by atoms with Gasteiger partial charge in [-0.05, 0) is 19.1 Å². The van der Waals surface area contributed by atoms with Crippen LogP contribution in [0.15, 0.2) is 23.1 Å². The van der Waals surface area contributed by atoms with Gasteiger partial charge < -0.3 is 5.73 Å². The molecule has 1 nitrogen and oxygen atoms in total. The Morgan fingerprint density at radius 3 is 1.54 bits per heavy atom. The molecule has 0 bridgehead atoms. The molecule has 0 aliphatic carbocycles. The Morgan fingerprint density at radius 2 is 1.21 bits per heavy atom. The summed E-state index contributed by atoms with van der Waals surface area (Å²) in [7, 11) is -11.3. The summed E-state index contributed by atoms with van der Waals surface area (Å²) in [6.07, 6.45) is -18.2. The van der Waals surface area contributed by atoms with Gasteiger partial charge in [0, 0.05) is 5.56 Å². The van der Waals surface area contributed by atoms with Crippen molar-refractivity contribution in [1.82, 2.24) is 0 Å². The molecule has 0 radical (unpaired) electrons. The first-order valence-electron chi connectivity index (χ1n) is 6.59. The van der Waals surface area contributed by atoms with Crippen molar-refractivity contribution in [3.05, 3.63) is 23.8 Å². The normalized spacial score (nSPS) is 18.4. The van der Waals surface area contributed by atoms with E-state index in [-0.39, 0.29) is 0 Å². The van der Waals surface area contributed by atoms with E-state index in [0.29, 0.717) is 0 Å². The molecule has 0 amide bonds. The first kappa shape index (κ1) is 24.4. The number of halogens is 14. The number of anilines is 1. The first-order valence-corrected chi connectivity index (χ1v) is 8.64. The lowest BCUT2D eigenvalue weighted by Gasteiger charge is -2.55. The molecule has 1 atom stereocenters. The highest BCUT2D eigenvalue weighted by Crippen LogP contribution is 3.07. The summed E-state index contributed by atoms with van der Waals surface area (Å²) in [6, 6.07) is -2.49. The number of rotatable bonds is 4. The second-order valence-electron chi connectivity index (χ2n) is 5.65. The van der Waals surface area contributed by atoms with Gasteiger partial charge in [0.25, 0.3) is 0 Å². The van der Waals surface area contributed by atoms with Crippen LogP contribution in [0.4, 0.5) is 65.1 Å². The van der Waals surface area contributed by atoms with E-state index in [1.54, 1.807) is 0 Å². The lowest BCUT2D eigenvalue weighted by Crippen LogP contribution is -2.50. The number of benzene rings is 1. The average molecular weight is 465 g/mol. The molecule has 0 aliphatic heterocycles. The van der Waals surface area contributed by atoms with Gasteiger partial charge in [-0.15, -0.1) is 15.5 Å². The van der Waals surface area contributed by atoms with Crippen molar-refractivity contribution in [2.24, 2.45) is 0 Å². The molecule has 0 spiro atoms. The predicted octanol–water partition coefficient (Wildman–Crippen LogP) is 7.28. The Balaban J connectivity index is 4.06. The molecule has 0 saturated carbocycles. The van der Waals surface area contributed by atoms with Crippen molar-refractivity contribution in [3.8, 4) is 0 Å². The van der Waals surface area contributed by atoms with Crippen LogP contribution in [0.3, 0.4) is 0 Å². The van der Waals surface area contributed by atoms with Crippen LogP contribution in [0, 0.1) is 0 Å². The fraction of sp³-hybridized carbons (Fsp3) is 0.500. The quantitative estimate of drug-likeness (QED) is 0.367. The molecule has 0 saturated heterocycles. The fourth-order valence-corrected chi connectivity index (χ4v) is 3.92. The zero-order valence-electron chi connectivity index (χ0n) is 13.1. The van der Waals surface area contributed by atoms with E-state index in [4.69, 9.17) is 0 Å². The van der Waals surface area contributed by atoms with Gasteiger partial charge in [0.05, 0.1) is 5.69 Å². The van der Waals surface area contributed by atoms with Gasteiger partial charge in [-0.1, -0.05) is 6.07 Å². The van der Waals surface area contributed by atoms with Gasteiger partial charge in [0.1, 0.15) is 4.90 Å². The van der Waals surface area contributed by atoms with Gasteiger partial charge in [-0.25, -0.2) is 8.78 Å². The number of nitrogens with two attached hydrogens (primary N) is 1. The van der Waals surface area contributed by atoms with Gasteiger partial charge >= 0.3 is 23.3 Å². The Kier molecular flexibility index (Phi) is 4.80. The molecule has 166 valence electrons. The maximum absolute atomic E-state index is 14.0. The molecule has 16 heteroatoms. The Hall–Kier alpha value is -1.61. The van der Waals surface area contributed by atoms with Crippen LogP contribution < -0.4 is 5.73 Å². The monoisotopic (exact) mass is 465 g/mol. The molecule has 1 rings (SSSR count). The highest BCUT2D eigenvalue weighted by molar-refractivity contribution is 8.50. The third-order valence-electron chi connectivity index (χ3n) is 3.65. The minimum Gasteiger partial charge on any atom is -0.398 e. The van der Waals surface area contributed by atoms with Crippen molar-refractivity contribution in [1.29, 1.82) is 0 Å². The number of nitrogen functional groups attached to an aromatic ring is 1. The third kappa shape index (κ3) is 3.03. The van der Waals surface area contributed by atoms with E-state index in [9.17, 15) is 59.4 Å². The Morgan fingerprint density at radius 1 is 0.821 bits per heavy atom. The van der Waals surface area contributed by atoms with E-state index in [2.05, 4.69) is 5.73 Å². The highest BCUT2D eigenvalue weighted by Gasteiger charge is 2.85. The van der Waals surface area contributed by atoms with Gasteiger partial charge in [-0.2, -0.15) is 35.1 Å². The third-order valence-corrected chi connectivity index (χ3v) is 6.30. The predicted molar refractivity (Wildman–Crippen MR) is 71.6 cm³/mol. The van der Waals surface area contributed by atoms with E-state index >= 15 is 0 Å². The molecule has 2 N–H and O–H groups in total.